The fourth-order valence-electron chi connectivity index (χ4n) is 3.27. The molecule has 0 unspecified atom stereocenters. The Kier molecular flexibility index (Phi) is 6.47. The number of aromatic hydroxyl groups is 1. The molecule has 0 aliphatic carbocycles. The Morgan fingerprint density at radius 1 is 1.17 bits per heavy atom. The molecular formula is C23H19F4N7O2. The van der Waals surface area contributed by atoms with Crippen LogP contribution in [0.3, 0.4) is 0 Å². The lowest BCUT2D eigenvalue weighted by Gasteiger charge is -2.13. The van der Waals surface area contributed by atoms with Crippen molar-refractivity contribution in [2.45, 2.75) is 13.1 Å². The number of phenolic OH excluding ortho intramolecular Hbond substituents is 1. The number of H-pyrrole nitrogens is 1. The van der Waals surface area contributed by atoms with Crippen molar-refractivity contribution in [3.8, 4) is 17.0 Å². The minimum atomic E-state index is -4.84. The summed E-state index contributed by atoms with van der Waals surface area (Å²) >= 11 is 0. The van der Waals surface area contributed by atoms with Gasteiger partial charge in [-0.15, -0.1) is 0 Å². The van der Waals surface area contributed by atoms with E-state index in [-0.39, 0.29) is 11.8 Å². The summed E-state index contributed by atoms with van der Waals surface area (Å²) in [7, 11) is 1.27. The molecule has 0 radical (unpaired) electrons. The molecule has 4 rings (SSSR count). The first kappa shape index (κ1) is 24.4. The van der Waals surface area contributed by atoms with Gasteiger partial charge >= 0.3 is 6.18 Å². The van der Waals surface area contributed by atoms with Gasteiger partial charge in [0.2, 0.25) is 5.96 Å². The maximum absolute atomic E-state index is 13.7. The number of amides is 1. The van der Waals surface area contributed by atoms with Gasteiger partial charge in [-0.1, -0.05) is 18.2 Å². The first-order chi connectivity index (χ1) is 17.0. The molecule has 9 nitrogen and oxygen atoms in total. The van der Waals surface area contributed by atoms with Crippen molar-refractivity contribution >= 4 is 23.4 Å². The van der Waals surface area contributed by atoms with Crippen LogP contribution >= 0.6 is 0 Å². The Bertz CT molecular complexity index is 1460. The first-order valence-corrected chi connectivity index (χ1v) is 10.4. The first-order valence-electron chi connectivity index (χ1n) is 10.4. The summed E-state index contributed by atoms with van der Waals surface area (Å²) in [5.74, 6) is -2.61. The molecule has 4 N–H and O–H groups in total. The van der Waals surface area contributed by atoms with E-state index in [0.29, 0.717) is 16.9 Å². The Hall–Kier alpha value is -4.68. The van der Waals surface area contributed by atoms with Crippen LogP contribution in [-0.2, 0) is 13.2 Å². The molecule has 0 bridgehead atoms. The van der Waals surface area contributed by atoms with Crippen molar-refractivity contribution < 1.29 is 27.5 Å². The third-order valence-electron chi connectivity index (χ3n) is 5.02. The number of halogens is 4. The largest absolute Gasteiger partial charge is 0.505 e. The highest BCUT2D eigenvalue weighted by molar-refractivity contribution is 6.11. The number of aromatic amines is 1. The number of anilines is 1. The van der Waals surface area contributed by atoms with Gasteiger partial charge < -0.3 is 10.4 Å². The average molecular weight is 501 g/mol. The van der Waals surface area contributed by atoms with Gasteiger partial charge in [-0.25, -0.2) is 4.39 Å². The van der Waals surface area contributed by atoms with Crippen LogP contribution in [0.4, 0.5) is 29.1 Å². The second-order valence-corrected chi connectivity index (χ2v) is 7.72. The Labute approximate surface area is 201 Å². The number of benzene rings is 2. The molecular weight excluding hydrogens is 482 g/mol. The van der Waals surface area contributed by atoms with Crippen LogP contribution < -0.4 is 10.6 Å². The van der Waals surface area contributed by atoms with Crippen LogP contribution in [0.2, 0.25) is 0 Å². The number of aromatic nitrogens is 4. The molecule has 13 heteroatoms. The van der Waals surface area contributed by atoms with Gasteiger partial charge in [0.1, 0.15) is 0 Å². The van der Waals surface area contributed by atoms with Crippen LogP contribution in [-0.4, -0.2) is 37.0 Å². The number of rotatable bonds is 4. The second-order valence-electron chi connectivity index (χ2n) is 7.72. The van der Waals surface area contributed by atoms with Gasteiger partial charge in [0.05, 0.1) is 11.3 Å². The fourth-order valence-corrected chi connectivity index (χ4v) is 3.27. The van der Waals surface area contributed by atoms with Crippen molar-refractivity contribution in [3.05, 3.63) is 77.4 Å². The summed E-state index contributed by atoms with van der Waals surface area (Å²) in [5, 5.41) is 24.6. The standard InChI is InChI=1S/C23H19F4N7O2/c1-12-5-3-4-6-16(12)28-22(30-21(36)14-11-34(2)33-20(14)23(25,26)27)29-19-10-17(31-32-19)13-7-8-18(35)15(24)9-13/h3-11,35H,1-2H3,(H3,28,29,30,31,32,36). The Morgan fingerprint density at radius 2 is 1.92 bits per heavy atom. The van der Waals surface area contributed by atoms with Crippen molar-refractivity contribution in [3.63, 3.8) is 0 Å². The fraction of sp³-hybridized carbons (Fsp3) is 0.130. The normalized spacial score (nSPS) is 12.0. The van der Waals surface area contributed by atoms with Crippen molar-refractivity contribution in [1.29, 1.82) is 0 Å². The van der Waals surface area contributed by atoms with Crippen LogP contribution in [0.15, 0.2) is 59.7 Å². The van der Waals surface area contributed by atoms with Gasteiger partial charge in [0.25, 0.3) is 5.91 Å². The molecule has 0 fully saturated rings. The van der Waals surface area contributed by atoms with Gasteiger partial charge in [0, 0.05) is 30.6 Å². The number of carbonyl (C=O) groups is 1. The molecule has 2 heterocycles. The monoisotopic (exact) mass is 501 g/mol. The maximum atomic E-state index is 13.7. The SMILES string of the molecule is Cc1ccccc1NC(=Nc1cc(-c2ccc(O)c(F)c2)[nH]n1)NC(=O)c1cn(C)nc1C(F)(F)F. The summed E-state index contributed by atoms with van der Waals surface area (Å²) in [6.45, 7) is 1.79. The van der Waals surface area contributed by atoms with Crippen molar-refractivity contribution in [2.75, 3.05) is 5.32 Å². The average Bonchev–Trinajstić information content (AvgIpc) is 3.44. The minimum absolute atomic E-state index is 0.0390. The molecule has 4 aromatic rings. The smallest absolute Gasteiger partial charge is 0.435 e. The van der Waals surface area contributed by atoms with E-state index in [1.54, 1.807) is 31.2 Å². The van der Waals surface area contributed by atoms with Crippen LogP contribution in [0.1, 0.15) is 21.6 Å². The number of hydrogen-bond donors (Lipinski definition) is 4. The van der Waals surface area contributed by atoms with E-state index >= 15 is 0 Å². The molecule has 0 saturated carbocycles. The van der Waals surface area contributed by atoms with E-state index in [1.807, 2.05) is 0 Å². The van der Waals surface area contributed by atoms with Crippen molar-refractivity contribution in [2.24, 2.45) is 12.0 Å². The van der Waals surface area contributed by atoms with E-state index in [0.717, 1.165) is 22.5 Å². The number of nitrogens with one attached hydrogen (secondary N) is 3. The molecule has 1 amide bonds. The molecule has 2 aromatic heterocycles. The van der Waals surface area contributed by atoms with Gasteiger partial charge in [-0.3, -0.25) is 19.9 Å². The van der Waals surface area contributed by atoms with Crippen molar-refractivity contribution in [1.82, 2.24) is 25.3 Å². The zero-order valence-electron chi connectivity index (χ0n) is 18.9. The third kappa shape index (κ3) is 5.35. The number of phenols is 1. The zero-order valence-corrected chi connectivity index (χ0v) is 18.9. The van der Waals surface area contributed by atoms with E-state index in [4.69, 9.17) is 0 Å². The molecule has 36 heavy (non-hydrogen) atoms. The number of para-hydroxylation sites is 1. The number of guanidine groups is 1. The molecule has 0 saturated heterocycles. The molecule has 0 atom stereocenters. The predicted molar refractivity (Wildman–Crippen MR) is 123 cm³/mol. The summed E-state index contributed by atoms with van der Waals surface area (Å²) in [6.07, 6.45) is -3.89. The molecule has 186 valence electrons. The number of aliphatic imine (C=N–C) groups is 1. The summed E-state index contributed by atoms with van der Waals surface area (Å²) in [4.78, 5) is 17.0. The van der Waals surface area contributed by atoms with E-state index < -0.39 is 34.9 Å². The lowest BCUT2D eigenvalue weighted by Crippen LogP contribution is -2.36. The quantitative estimate of drug-likeness (QED) is 0.186. The lowest BCUT2D eigenvalue weighted by molar-refractivity contribution is -0.141. The highest BCUT2D eigenvalue weighted by Gasteiger charge is 2.39. The van der Waals surface area contributed by atoms with Gasteiger partial charge in [0.15, 0.2) is 23.1 Å². The second kappa shape index (κ2) is 9.52. The number of aryl methyl sites for hydroxylation is 2. The molecule has 0 spiro atoms. The van der Waals surface area contributed by atoms with E-state index in [2.05, 4.69) is 30.9 Å². The predicted octanol–water partition coefficient (Wildman–Crippen LogP) is 4.51. The highest BCUT2D eigenvalue weighted by Crippen LogP contribution is 2.30. The third-order valence-corrected chi connectivity index (χ3v) is 5.02. The van der Waals surface area contributed by atoms with E-state index in [9.17, 15) is 27.5 Å². The summed E-state index contributed by atoms with van der Waals surface area (Å²) in [6, 6.07) is 12.1. The van der Waals surface area contributed by atoms with Gasteiger partial charge in [-0.05, 0) is 36.8 Å². The summed E-state index contributed by atoms with van der Waals surface area (Å²) in [5.41, 5.74) is -0.00215. The minimum Gasteiger partial charge on any atom is -0.505 e. The topological polar surface area (TPSA) is 120 Å². The highest BCUT2D eigenvalue weighted by atomic mass is 19.4. The molecule has 0 aliphatic rings. The van der Waals surface area contributed by atoms with Crippen LogP contribution in [0.5, 0.6) is 5.75 Å². The van der Waals surface area contributed by atoms with Gasteiger partial charge in [-0.2, -0.15) is 28.4 Å². The number of alkyl halides is 3. The summed E-state index contributed by atoms with van der Waals surface area (Å²) < 4.78 is 54.7. The Morgan fingerprint density at radius 3 is 2.61 bits per heavy atom. The van der Waals surface area contributed by atoms with Crippen LogP contribution in [0, 0.1) is 12.7 Å². The molecule has 2 aromatic carbocycles. The molecule has 0 aliphatic heterocycles. The Balaban J connectivity index is 1.68. The zero-order chi connectivity index (χ0) is 26.0. The number of nitrogens with zero attached hydrogens (tertiary/aromatic N) is 4. The number of hydrogen-bond acceptors (Lipinski definition) is 5. The number of carbonyl (C=O) groups excluding carboxylic acids is 1. The van der Waals surface area contributed by atoms with Crippen LogP contribution in [0.25, 0.3) is 11.3 Å². The maximum Gasteiger partial charge on any atom is 0.435 e. The van der Waals surface area contributed by atoms with E-state index in [1.165, 1.54) is 25.2 Å². The lowest BCUT2D eigenvalue weighted by atomic mass is 10.1.